The lowest BCUT2D eigenvalue weighted by Crippen LogP contribution is -2.31. The lowest BCUT2D eigenvalue weighted by atomic mass is 10.1. The second kappa shape index (κ2) is 6.54. The van der Waals surface area contributed by atoms with Crippen LogP contribution >= 0.6 is 0 Å². The lowest BCUT2D eigenvalue weighted by Gasteiger charge is -2.21. The summed E-state index contributed by atoms with van der Waals surface area (Å²) in [5, 5.41) is 13.4. The van der Waals surface area contributed by atoms with E-state index in [1.165, 1.54) is 0 Å². The SMILES string of the molecule is CCN(Cc1ccn(C(C)C)n1)CC(C)C(=O)O. The first-order valence-electron chi connectivity index (χ1n) is 6.43. The van der Waals surface area contributed by atoms with Crippen molar-refractivity contribution in [1.29, 1.82) is 0 Å². The van der Waals surface area contributed by atoms with Crippen LogP contribution in [0, 0.1) is 5.92 Å². The Labute approximate surface area is 108 Å². The van der Waals surface area contributed by atoms with Gasteiger partial charge in [-0.05, 0) is 26.5 Å². The maximum Gasteiger partial charge on any atom is 0.307 e. The van der Waals surface area contributed by atoms with Gasteiger partial charge in [-0.3, -0.25) is 14.4 Å². The minimum absolute atomic E-state index is 0.350. The van der Waals surface area contributed by atoms with Crippen LogP contribution in [0.3, 0.4) is 0 Å². The molecule has 1 aromatic rings. The van der Waals surface area contributed by atoms with Gasteiger partial charge in [0.25, 0.3) is 0 Å². The van der Waals surface area contributed by atoms with Crippen LogP contribution in [0.5, 0.6) is 0 Å². The Hall–Kier alpha value is -1.36. The summed E-state index contributed by atoms with van der Waals surface area (Å²) < 4.78 is 1.92. The molecule has 1 heterocycles. The number of carboxylic acid groups (broad SMARTS) is 1. The molecule has 1 aromatic heterocycles. The number of hydrogen-bond acceptors (Lipinski definition) is 3. The second-order valence-electron chi connectivity index (χ2n) is 4.95. The quantitative estimate of drug-likeness (QED) is 0.807. The zero-order chi connectivity index (χ0) is 13.7. The fourth-order valence-electron chi connectivity index (χ4n) is 1.75. The average molecular weight is 253 g/mol. The van der Waals surface area contributed by atoms with Gasteiger partial charge in [-0.15, -0.1) is 0 Å². The van der Waals surface area contributed by atoms with E-state index in [0.717, 1.165) is 12.2 Å². The third-order valence-corrected chi connectivity index (χ3v) is 2.98. The van der Waals surface area contributed by atoms with Crippen molar-refractivity contribution in [3.63, 3.8) is 0 Å². The molecule has 5 nitrogen and oxygen atoms in total. The number of carboxylic acids is 1. The van der Waals surface area contributed by atoms with Crippen LogP contribution in [0.25, 0.3) is 0 Å². The molecule has 0 aromatic carbocycles. The van der Waals surface area contributed by atoms with Gasteiger partial charge >= 0.3 is 5.97 Å². The summed E-state index contributed by atoms with van der Waals surface area (Å²) in [5.41, 5.74) is 0.989. The van der Waals surface area contributed by atoms with Gasteiger partial charge < -0.3 is 5.11 Å². The first-order valence-corrected chi connectivity index (χ1v) is 6.43. The second-order valence-corrected chi connectivity index (χ2v) is 4.95. The molecule has 0 aliphatic heterocycles. The third-order valence-electron chi connectivity index (χ3n) is 2.98. The smallest absolute Gasteiger partial charge is 0.307 e. The zero-order valence-electron chi connectivity index (χ0n) is 11.6. The molecule has 5 heteroatoms. The molecule has 0 fully saturated rings. The molecule has 0 saturated heterocycles. The van der Waals surface area contributed by atoms with Crippen LogP contribution in [0.15, 0.2) is 12.3 Å². The molecule has 0 aliphatic rings. The molecule has 0 spiro atoms. The van der Waals surface area contributed by atoms with Gasteiger partial charge in [-0.1, -0.05) is 13.8 Å². The highest BCUT2D eigenvalue weighted by atomic mass is 16.4. The molecule has 0 radical (unpaired) electrons. The average Bonchev–Trinajstić information content (AvgIpc) is 2.76. The Morgan fingerprint density at radius 3 is 2.61 bits per heavy atom. The first kappa shape index (κ1) is 14.7. The molecule has 0 amide bonds. The van der Waals surface area contributed by atoms with Gasteiger partial charge in [0.2, 0.25) is 0 Å². The van der Waals surface area contributed by atoms with Crippen molar-refractivity contribution in [2.75, 3.05) is 13.1 Å². The predicted molar refractivity (Wildman–Crippen MR) is 70.4 cm³/mol. The topological polar surface area (TPSA) is 58.4 Å². The highest BCUT2D eigenvalue weighted by molar-refractivity contribution is 5.69. The number of carbonyl (C=O) groups is 1. The van der Waals surface area contributed by atoms with Crippen LogP contribution in [-0.2, 0) is 11.3 Å². The molecule has 0 bridgehead atoms. The number of aromatic nitrogens is 2. The molecule has 1 rings (SSSR count). The van der Waals surface area contributed by atoms with Crippen molar-refractivity contribution in [1.82, 2.24) is 14.7 Å². The molecular weight excluding hydrogens is 230 g/mol. The summed E-state index contributed by atoms with van der Waals surface area (Å²) in [6, 6.07) is 2.35. The Morgan fingerprint density at radius 2 is 2.17 bits per heavy atom. The Kier molecular flexibility index (Phi) is 5.34. The van der Waals surface area contributed by atoms with Gasteiger partial charge in [0, 0.05) is 25.3 Å². The first-order chi connectivity index (χ1) is 8.43. The maximum atomic E-state index is 10.9. The molecule has 0 aliphatic carbocycles. The van der Waals surface area contributed by atoms with Crippen molar-refractivity contribution in [3.05, 3.63) is 18.0 Å². The molecule has 1 N–H and O–H groups in total. The summed E-state index contributed by atoms with van der Waals surface area (Å²) in [4.78, 5) is 13.0. The summed E-state index contributed by atoms with van der Waals surface area (Å²) in [7, 11) is 0. The summed E-state index contributed by atoms with van der Waals surface area (Å²) in [5.74, 6) is -1.10. The molecule has 18 heavy (non-hydrogen) atoms. The lowest BCUT2D eigenvalue weighted by molar-refractivity contribution is -0.141. The monoisotopic (exact) mass is 253 g/mol. The van der Waals surface area contributed by atoms with E-state index in [1.54, 1.807) is 6.92 Å². The number of rotatable bonds is 7. The van der Waals surface area contributed by atoms with E-state index in [1.807, 2.05) is 23.9 Å². The van der Waals surface area contributed by atoms with Crippen molar-refractivity contribution >= 4 is 5.97 Å². The van der Waals surface area contributed by atoms with Crippen LogP contribution in [0.2, 0.25) is 0 Å². The van der Waals surface area contributed by atoms with Crippen molar-refractivity contribution in [2.24, 2.45) is 5.92 Å². The third kappa shape index (κ3) is 4.14. The minimum Gasteiger partial charge on any atom is -0.481 e. The molecule has 1 atom stereocenters. The standard InChI is InChI=1S/C13H23N3O2/c1-5-15(8-11(4)13(17)18)9-12-6-7-16(14-12)10(2)3/h6-7,10-11H,5,8-9H2,1-4H3,(H,17,18). The van der Waals surface area contributed by atoms with Gasteiger partial charge in [-0.2, -0.15) is 5.10 Å². The van der Waals surface area contributed by atoms with Crippen molar-refractivity contribution < 1.29 is 9.90 Å². The highest BCUT2D eigenvalue weighted by Crippen LogP contribution is 2.08. The summed E-state index contributed by atoms with van der Waals surface area (Å²) in [6.45, 7) is 10.0. The molecular formula is C13H23N3O2. The van der Waals surface area contributed by atoms with Crippen molar-refractivity contribution in [3.8, 4) is 0 Å². The molecule has 0 saturated carbocycles. The van der Waals surface area contributed by atoms with Crippen LogP contribution in [0.1, 0.15) is 39.4 Å². The number of hydrogen-bond donors (Lipinski definition) is 1. The Balaban J connectivity index is 2.59. The predicted octanol–water partition coefficient (Wildman–Crippen LogP) is 2.01. The summed E-state index contributed by atoms with van der Waals surface area (Å²) in [6.07, 6.45) is 1.97. The van der Waals surface area contributed by atoms with E-state index >= 15 is 0 Å². The summed E-state index contributed by atoms with van der Waals surface area (Å²) >= 11 is 0. The van der Waals surface area contributed by atoms with Gasteiger partial charge in [-0.25, -0.2) is 0 Å². The highest BCUT2D eigenvalue weighted by Gasteiger charge is 2.16. The van der Waals surface area contributed by atoms with E-state index < -0.39 is 5.97 Å². The molecule has 1 unspecified atom stereocenters. The van der Waals surface area contributed by atoms with E-state index in [4.69, 9.17) is 5.11 Å². The van der Waals surface area contributed by atoms with Gasteiger partial charge in [0.1, 0.15) is 0 Å². The van der Waals surface area contributed by atoms with E-state index in [2.05, 4.69) is 23.8 Å². The molecule has 102 valence electrons. The minimum atomic E-state index is -0.749. The fraction of sp³-hybridized carbons (Fsp3) is 0.692. The zero-order valence-corrected chi connectivity index (χ0v) is 11.6. The van der Waals surface area contributed by atoms with Gasteiger partial charge in [0.15, 0.2) is 0 Å². The van der Waals surface area contributed by atoms with Crippen LogP contribution < -0.4 is 0 Å². The van der Waals surface area contributed by atoms with Crippen LogP contribution in [0.4, 0.5) is 0 Å². The van der Waals surface area contributed by atoms with E-state index in [-0.39, 0.29) is 5.92 Å². The largest absolute Gasteiger partial charge is 0.481 e. The number of nitrogens with zero attached hydrogens (tertiary/aromatic N) is 3. The number of aliphatic carboxylic acids is 1. The van der Waals surface area contributed by atoms with Crippen LogP contribution in [-0.4, -0.2) is 38.8 Å². The van der Waals surface area contributed by atoms with E-state index in [0.29, 0.717) is 19.1 Å². The fourth-order valence-corrected chi connectivity index (χ4v) is 1.75. The van der Waals surface area contributed by atoms with Gasteiger partial charge in [0.05, 0.1) is 11.6 Å². The Bertz CT molecular complexity index is 387. The Morgan fingerprint density at radius 1 is 1.50 bits per heavy atom. The normalized spacial score (nSPS) is 13.2. The van der Waals surface area contributed by atoms with Crippen molar-refractivity contribution in [2.45, 2.75) is 40.3 Å². The van der Waals surface area contributed by atoms with E-state index in [9.17, 15) is 4.79 Å². The maximum absolute atomic E-state index is 10.9.